The summed E-state index contributed by atoms with van der Waals surface area (Å²) in [6, 6.07) is 13.9. The van der Waals surface area contributed by atoms with E-state index in [1.54, 1.807) is 55.6 Å². The van der Waals surface area contributed by atoms with Crippen molar-refractivity contribution in [1.29, 1.82) is 0 Å². The Bertz CT molecular complexity index is 860. The van der Waals surface area contributed by atoms with Gasteiger partial charge >= 0.3 is 10.2 Å². The Morgan fingerprint density at radius 3 is 2.32 bits per heavy atom. The van der Waals surface area contributed by atoms with E-state index in [0.717, 1.165) is 0 Å². The van der Waals surface area contributed by atoms with Crippen LogP contribution in [0.25, 0.3) is 0 Å². The van der Waals surface area contributed by atoms with Crippen LogP contribution in [0.3, 0.4) is 0 Å². The maximum absolute atomic E-state index is 13.2. The minimum absolute atomic E-state index is 0.184. The molecule has 0 fully saturated rings. The molecule has 6 nitrogen and oxygen atoms in total. The molecule has 0 saturated heterocycles. The van der Waals surface area contributed by atoms with Gasteiger partial charge in [0.2, 0.25) is 0 Å². The predicted octanol–water partition coefficient (Wildman–Crippen LogP) is 2.51. The van der Waals surface area contributed by atoms with Gasteiger partial charge in [-0.1, -0.05) is 35.9 Å². The van der Waals surface area contributed by atoms with E-state index in [1.165, 1.54) is 8.61 Å². The van der Waals surface area contributed by atoms with Gasteiger partial charge in [-0.2, -0.15) is 8.42 Å². The number of hydrogen-bond acceptors (Lipinski definition) is 4. The molecule has 1 aliphatic heterocycles. The largest absolute Gasteiger partial charge is 0.392 e. The van der Waals surface area contributed by atoms with Crippen LogP contribution >= 0.6 is 11.6 Å². The fourth-order valence-corrected chi connectivity index (χ4v) is 4.92. The molecule has 1 heterocycles. The van der Waals surface area contributed by atoms with E-state index in [0.29, 0.717) is 35.1 Å². The number of benzene rings is 2. The summed E-state index contributed by atoms with van der Waals surface area (Å²) in [5, 5.41) is 13.2. The normalized spacial score (nSPS) is 16.8. The Morgan fingerprint density at radius 1 is 1.08 bits per heavy atom. The first-order valence-electron chi connectivity index (χ1n) is 7.96. The first kappa shape index (κ1) is 18.0. The highest BCUT2D eigenvalue weighted by atomic mass is 35.5. The molecule has 0 amide bonds. The zero-order valence-corrected chi connectivity index (χ0v) is 15.3. The molecule has 0 spiro atoms. The van der Waals surface area contributed by atoms with Gasteiger partial charge in [0.15, 0.2) is 0 Å². The molecule has 1 atom stereocenters. The summed E-state index contributed by atoms with van der Waals surface area (Å²) in [6.45, 7) is 0.590. The van der Waals surface area contributed by atoms with Crippen molar-refractivity contribution in [2.75, 3.05) is 28.7 Å². The predicted molar refractivity (Wildman–Crippen MR) is 101 cm³/mol. The summed E-state index contributed by atoms with van der Waals surface area (Å²) in [4.78, 5) is 0. The van der Waals surface area contributed by atoms with E-state index < -0.39 is 16.3 Å². The Kier molecular flexibility index (Phi) is 5.19. The number of anilines is 3. The van der Waals surface area contributed by atoms with Gasteiger partial charge in [0.1, 0.15) is 0 Å². The zero-order valence-electron chi connectivity index (χ0n) is 13.8. The van der Waals surface area contributed by atoms with Gasteiger partial charge in [-0.05, 0) is 37.7 Å². The lowest BCUT2D eigenvalue weighted by Gasteiger charge is -2.23. The smallest absolute Gasteiger partial charge is 0.331 e. The van der Waals surface area contributed by atoms with Gasteiger partial charge in [-0.25, -0.2) is 4.31 Å². The number of nitrogens with zero attached hydrogens (tertiary/aromatic N) is 2. The molecule has 0 saturated carbocycles. The number of para-hydroxylation sites is 3. The quantitative estimate of drug-likeness (QED) is 0.806. The van der Waals surface area contributed by atoms with Crippen molar-refractivity contribution in [1.82, 2.24) is 5.32 Å². The van der Waals surface area contributed by atoms with Crippen LogP contribution in [-0.2, 0) is 10.2 Å². The average molecular weight is 382 g/mol. The van der Waals surface area contributed by atoms with Gasteiger partial charge in [-0.15, -0.1) is 0 Å². The monoisotopic (exact) mass is 381 g/mol. The van der Waals surface area contributed by atoms with Gasteiger partial charge in [-0.3, -0.25) is 4.31 Å². The third-order valence-corrected chi connectivity index (χ3v) is 6.17. The molecular formula is C17H20ClN3O3S. The van der Waals surface area contributed by atoms with Gasteiger partial charge in [0, 0.05) is 13.1 Å². The van der Waals surface area contributed by atoms with E-state index >= 15 is 0 Å². The number of aliphatic hydroxyl groups is 1. The van der Waals surface area contributed by atoms with Gasteiger partial charge in [0.05, 0.1) is 28.2 Å². The SMILES string of the molecule is CNC[C@H](O)CCN1c2ccccc2N(c2ccccc2Cl)S1(=O)=O. The van der Waals surface area contributed by atoms with Crippen molar-refractivity contribution in [3.63, 3.8) is 0 Å². The average Bonchev–Trinajstić information content (AvgIpc) is 2.80. The standard InChI is InChI=1S/C17H20ClN3O3S/c1-19-12-13(22)10-11-20-16-8-4-5-9-17(16)21(25(20,23)24)15-7-3-2-6-14(15)18/h2-9,13,19,22H,10-12H2,1H3/t13-/m1/s1. The number of likely N-dealkylation sites (N-methyl/N-ethyl adjacent to an activating group) is 1. The Hall–Kier alpha value is -1.80. The molecule has 0 unspecified atom stereocenters. The van der Waals surface area contributed by atoms with Crippen molar-refractivity contribution < 1.29 is 13.5 Å². The van der Waals surface area contributed by atoms with Crippen molar-refractivity contribution in [2.24, 2.45) is 0 Å². The van der Waals surface area contributed by atoms with Crippen molar-refractivity contribution >= 4 is 38.9 Å². The molecule has 0 aromatic heterocycles. The number of aliphatic hydroxyl groups excluding tert-OH is 1. The molecule has 2 aromatic rings. The lowest BCUT2D eigenvalue weighted by atomic mass is 10.2. The third-order valence-electron chi connectivity index (χ3n) is 4.05. The number of hydrogen-bond donors (Lipinski definition) is 2. The van der Waals surface area contributed by atoms with Gasteiger partial charge < -0.3 is 10.4 Å². The fourth-order valence-electron chi connectivity index (χ4n) is 2.90. The lowest BCUT2D eigenvalue weighted by Crippen LogP contribution is -2.38. The summed E-state index contributed by atoms with van der Waals surface area (Å²) in [7, 11) is -2.08. The summed E-state index contributed by atoms with van der Waals surface area (Å²) in [5.41, 5.74) is 1.55. The summed E-state index contributed by atoms with van der Waals surface area (Å²) >= 11 is 6.24. The highest BCUT2D eigenvalue weighted by Crippen LogP contribution is 2.46. The van der Waals surface area contributed by atoms with Crippen molar-refractivity contribution in [3.05, 3.63) is 53.6 Å². The van der Waals surface area contributed by atoms with E-state index in [4.69, 9.17) is 11.6 Å². The summed E-state index contributed by atoms with van der Waals surface area (Å²) < 4.78 is 28.9. The second kappa shape index (κ2) is 7.21. The molecule has 2 N–H and O–H groups in total. The zero-order chi connectivity index (χ0) is 18.0. The number of halogens is 1. The van der Waals surface area contributed by atoms with E-state index in [-0.39, 0.29) is 6.54 Å². The van der Waals surface area contributed by atoms with Crippen LogP contribution in [0.15, 0.2) is 48.5 Å². The molecule has 0 radical (unpaired) electrons. The second-order valence-electron chi connectivity index (χ2n) is 5.78. The van der Waals surface area contributed by atoms with Crippen LogP contribution in [-0.4, -0.2) is 39.8 Å². The van der Waals surface area contributed by atoms with Crippen LogP contribution in [0.5, 0.6) is 0 Å². The Balaban J connectivity index is 2.01. The second-order valence-corrected chi connectivity index (χ2v) is 7.89. The molecular weight excluding hydrogens is 362 g/mol. The minimum atomic E-state index is -3.82. The third kappa shape index (κ3) is 3.32. The number of rotatable bonds is 6. The first-order chi connectivity index (χ1) is 12.0. The number of nitrogens with one attached hydrogen (secondary N) is 1. The van der Waals surface area contributed by atoms with Crippen molar-refractivity contribution in [3.8, 4) is 0 Å². The summed E-state index contributed by atoms with van der Waals surface area (Å²) in [5.74, 6) is 0. The maximum Gasteiger partial charge on any atom is 0.331 e. The molecule has 134 valence electrons. The van der Waals surface area contributed by atoms with E-state index in [2.05, 4.69) is 5.32 Å². The minimum Gasteiger partial charge on any atom is -0.392 e. The molecule has 0 bridgehead atoms. The Labute approximate surface area is 152 Å². The molecule has 25 heavy (non-hydrogen) atoms. The number of fused-ring (bicyclic) bond motifs is 1. The lowest BCUT2D eigenvalue weighted by molar-refractivity contribution is 0.167. The molecule has 2 aromatic carbocycles. The highest BCUT2D eigenvalue weighted by molar-refractivity contribution is 7.95. The van der Waals surface area contributed by atoms with Crippen LogP contribution in [0.2, 0.25) is 5.02 Å². The highest BCUT2D eigenvalue weighted by Gasteiger charge is 2.41. The molecule has 3 rings (SSSR count). The van der Waals surface area contributed by atoms with E-state index in [1.807, 2.05) is 0 Å². The van der Waals surface area contributed by atoms with Crippen LogP contribution in [0.1, 0.15) is 6.42 Å². The molecule has 0 aliphatic carbocycles. The maximum atomic E-state index is 13.2. The van der Waals surface area contributed by atoms with Crippen LogP contribution < -0.4 is 13.9 Å². The summed E-state index contributed by atoms with van der Waals surface area (Å²) in [6.07, 6.45) is -0.299. The fraction of sp³-hybridized carbons (Fsp3) is 0.294. The van der Waals surface area contributed by atoms with Crippen LogP contribution in [0, 0.1) is 0 Å². The van der Waals surface area contributed by atoms with Gasteiger partial charge in [0.25, 0.3) is 0 Å². The first-order valence-corrected chi connectivity index (χ1v) is 9.73. The van der Waals surface area contributed by atoms with E-state index in [9.17, 15) is 13.5 Å². The van der Waals surface area contributed by atoms with Crippen molar-refractivity contribution in [2.45, 2.75) is 12.5 Å². The Morgan fingerprint density at radius 2 is 1.68 bits per heavy atom. The van der Waals surface area contributed by atoms with Crippen LogP contribution in [0.4, 0.5) is 17.1 Å². The molecule has 8 heteroatoms. The topological polar surface area (TPSA) is 72.9 Å². The molecule has 1 aliphatic rings.